The molecule has 0 fully saturated rings. The highest BCUT2D eigenvalue weighted by Gasteiger charge is 2.17. The molecule has 0 aliphatic carbocycles. The van der Waals surface area contributed by atoms with Crippen molar-refractivity contribution in [1.82, 2.24) is 0 Å². The zero-order valence-electron chi connectivity index (χ0n) is 14.0. The molecule has 2 aromatic rings. The summed E-state index contributed by atoms with van der Waals surface area (Å²) in [5, 5.41) is 0. The Hall–Kier alpha value is -2.34. The van der Waals surface area contributed by atoms with E-state index in [2.05, 4.69) is 0 Å². The summed E-state index contributed by atoms with van der Waals surface area (Å²) in [6.07, 6.45) is 0.179. The number of nitrogens with zero attached hydrogens (tertiary/aromatic N) is 1. The van der Waals surface area contributed by atoms with E-state index in [-0.39, 0.29) is 18.1 Å². The van der Waals surface area contributed by atoms with Gasteiger partial charge in [-0.15, -0.1) is 0 Å². The molecule has 1 atom stereocenters. The van der Waals surface area contributed by atoms with Gasteiger partial charge in [0.05, 0.1) is 30.7 Å². The van der Waals surface area contributed by atoms with Gasteiger partial charge >= 0.3 is 0 Å². The van der Waals surface area contributed by atoms with Crippen LogP contribution in [0, 0.1) is 0 Å². The number of rotatable bonds is 7. The summed E-state index contributed by atoms with van der Waals surface area (Å²) in [7, 11) is 3.59. The lowest BCUT2D eigenvalue weighted by Gasteiger charge is -2.20. The van der Waals surface area contributed by atoms with E-state index in [1.165, 1.54) is 4.90 Å². The Morgan fingerprint density at radius 1 is 1.08 bits per heavy atom. The summed E-state index contributed by atoms with van der Waals surface area (Å²) >= 11 is 0. The number of hydrogen-bond acceptors (Lipinski definition) is 4. The SMILES string of the molecule is COc1ccc(OC)c(N(C)C(=O)CCS(=O)c2ccccc2)c1. The maximum atomic E-state index is 12.4. The topological polar surface area (TPSA) is 55.8 Å². The van der Waals surface area contributed by atoms with Crippen LogP contribution in [0.3, 0.4) is 0 Å². The standard InChI is InChI=1S/C18H21NO4S/c1-19(16-13-14(22-2)9-10-17(16)23-3)18(20)11-12-24(21)15-7-5-4-6-8-15/h4-10,13H,11-12H2,1-3H3. The summed E-state index contributed by atoms with van der Waals surface area (Å²) in [4.78, 5) is 14.7. The molecule has 0 saturated carbocycles. The molecule has 0 aliphatic heterocycles. The van der Waals surface area contributed by atoms with E-state index in [0.717, 1.165) is 4.90 Å². The van der Waals surface area contributed by atoms with Crippen LogP contribution in [0.4, 0.5) is 5.69 Å². The van der Waals surface area contributed by atoms with Crippen molar-refractivity contribution in [3.8, 4) is 11.5 Å². The molecular formula is C18H21NO4S. The van der Waals surface area contributed by atoms with Crippen LogP contribution in [0.2, 0.25) is 0 Å². The molecule has 6 heteroatoms. The molecule has 5 nitrogen and oxygen atoms in total. The minimum atomic E-state index is -1.19. The first-order chi connectivity index (χ1) is 11.6. The third kappa shape index (κ3) is 4.35. The largest absolute Gasteiger partial charge is 0.497 e. The van der Waals surface area contributed by atoms with Crippen LogP contribution in [0.15, 0.2) is 53.4 Å². The van der Waals surface area contributed by atoms with Gasteiger partial charge in [-0.3, -0.25) is 9.00 Å². The molecule has 2 aromatic carbocycles. The second kappa shape index (κ2) is 8.49. The van der Waals surface area contributed by atoms with Gasteiger partial charge in [-0.1, -0.05) is 18.2 Å². The quantitative estimate of drug-likeness (QED) is 0.773. The highest BCUT2D eigenvalue weighted by atomic mass is 32.2. The first-order valence-electron chi connectivity index (χ1n) is 7.49. The molecule has 0 N–H and O–H groups in total. The van der Waals surface area contributed by atoms with E-state index in [1.54, 1.807) is 51.6 Å². The third-order valence-corrected chi connectivity index (χ3v) is 5.00. The monoisotopic (exact) mass is 347 g/mol. The Labute approximate surface area is 144 Å². The van der Waals surface area contributed by atoms with Gasteiger partial charge in [0, 0.05) is 30.2 Å². The van der Waals surface area contributed by atoms with Gasteiger partial charge < -0.3 is 14.4 Å². The van der Waals surface area contributed by atoms with Crippen molar-refractivity contribution in [2.75, 3.05) is 31.9 Å². The predicted molar refractivity (Wildman–Crippen MR) is 95.3 cm³/mol. The molecule has 0 aromatic heterocycles. The van der Waals surface area contributed by atoms with Gasteiger partial charge in [-0.05, 0) is 24.3 Å². The van der Waals surface area contributed by atoms with Gasteiger partial charge in [0.25, 0.3) is 0 Å². The number of amides is 1. The first kappa shape index (κ1) is 18.0. The fraction of sp³-hybridized carbons (Fsp3) is 0.278. The maximum absolute atomic E-state index is 12.4. The van der Waals surface area contributed by atoms with Crippen molar-refractivity contribution in [2.24, 2.45) is 0 Å². The highest BCUT2D eigenvalue weighted by Crippen LogP contribution is 2.31. The van der Waals surface area contributed by atoms with Crippen molar-refractivity contribution in [3.63, 3.8) is 0 Å². The average Bonchev–Trinajstić information content (AvgIpc) is 2.65. The van der Waals surface area contributed by atoms with Gasteiger partial charge in [-0.2, -0.15) is 0 Å². The lowest BCUT2D eigenvalue weighted by atomic mass is 10.2. The summed E-state index contributed by atoms with van der Waals surface area (Å²) in [6, 6.07) is 14.4. The molecule has 0 radical (unpaired) electrons. The number of hydrogen-bond donors (Lipinski definition) is 0. The Bertz CT molecular complexity index is 718. The van der Waals surface area contributed by atoms with E-state index in [1.807, 2.05) is 18.2 Å². The molecule has 0 aliphatic rings. The smallest absolute Gasteiger partial charge is 0.227 e. The van der Waals surface area contributed by atoms with E-state index >= 15 is 0 Å². The van der Waals surface area contributed by atoms with Crippen LogP contribution < -0.4 is 14.4 Å². The molecule has 0 heterocycles. The average molecular weight is 347 g/mol. The van der Waals surface area contributed by atoms with Crippen LogP contribution in [0.25, 0.3) is 0 Å². The highest BCUT2D eigenvalue weighted by molar-refractivity contribution is 7.85. The summed E-state index contributed by atoms with van der Waals surface area (Å²) in [5.74, 6) is 1.36. The Kier molecular flexibility index (Phi) is 6.37. The minimum Gasteiger partial charge on any atom is -0.497 e. The van der Waals surface area contributed by atoms with Crippen LogP contribution in [0.1, 0.15) is 6.42 Å². The summed E-state index contributed by atoms with van der Waals surface area (Å²) < 4.78 is 22.7. The van der Waals surface area contributed by atoms with Crippen molar-refractivity contribution in [3.05, 3.63) is 48.5 Å². The summed E-state index contributed by atoms with van der Waals surface area (Å²) in [5.41, 5.74) is 0.618. The van der Waals surface area contributed by atoms with Gasteiger partial charge in [0.2, 0.25) is 5.91 Å². The predicted octanol–water partition coefficient (Wildman–Crippen LogP) is 2.86. The molecule has 1 unspecified atom stereocenters. The lowest BCUT2D eigenvalue weighted by molar-refractivity contribution is -0.117. The second-order valence-corrected chi connectivity index (χ2v) is 6.67. The molecule has 1 amide bonds. The molecule has 0 bridgehead atoms. The number of carbonyl (C=O) groups excluding carboxylic acids is 1. The maximum Gasteiger partial charge on any atom is 0.227 e. The van der Waals surface area contributed by atoms with Crippen molar-refractivity contribution >= 4 is 22.4 Å². The molecule has 128 valence electrons. The zero-order chi connectivity index (χ0) is 17.5. The normalized spacial score (nSPS) is 11.6. The van der Waals surface area contributed by atoms with E-state index in [4.69, 9.17) is 9.47 Å². The van der Waals surface area contributed by atoms with Crippen LogP contribution >= 0.6 is 0 Å². The van der Waals surface area contributed by atoms with Crippen LogP contribution in [-0.4, -0.2) is 37.1 Å². The Balaban J connectivity index is 2.06. The molecule has 0 saturated heterocycles. The third-order valence-electron chi connectivity index (χ3n) is 3.63. The van der Waals surface area contributed by atoms with E-state index in [0.29, 0.717) is 17.2 Å². The fourth-order valence-corrected chi connectivity index (χ4v) is 3.29. The van der Waals surface area contributed by atoms with Crippen LogP contribution in [-0.2, 0) is 15.6 Å². The van der Waals surface area contributed by atoms with Crippen molar-refractivity contribution in [2.45, 2.75) is 11.3 Å². The first-order valence-corrected chi connectivity index (χ1v) is 8.80. The Morgan fingerprint density at radius 2 is 1.79 bits per heavy atom. The zero-order valence-corrected chi connectivity index (χ0v) is 14.8. The second-order valence-electron chi connectivity index (χ2n) is 5.10. The van der Waals surface area contributed by atoms with Crippen molar-refractivity contribution in [1.29, 1.82) is 0 Å². The Morgan fingerprint density at radius 3 is 2.42 bits per heavy atom. The van der Waals surface area contributed by atoms with Gasteiger partial charge in [-0.25, -0.2) is 0 Å². The van der Waals surface area contributed by atoms with E-state index in [9.17, 15) is 9.00 Å². The molecule has 2 rings (SSSR count). The molecule has 0 spiro atoms. The number of benzene rings is 2. The number of ether oxygens (including phenoxy) is 2. The molecule has 24 heavy (non-hydrogen) atoms. The van der Waals surface area contributed by atoms with Gasteiger partial charge in [0.15, 0.2) is 0 Å². The number of anilines is 1. The van der Waals surface area contributed by atoms with Crippen LogP contribution in [0.5, 0.6) is 11.5 Å². The fourth-order valence-electron chi connectivity index (χ4n) is 2.23. The van der Waals surface area contributed by atoms with Gasteiger partial charge in [0.1, 0.15) is 11.5 Å². The lowest BCUT2D eigenvalue weighted by Crippen LogP contribution is -2.27. The summed E-state index contributed by atoms with van der Waals surface area (Å²) in [6.45, 7) is 0. The van der Waals surface area contributed by atoms with Crippen molar-refractivity contribution < 1.29 is 18.5 Å². The number of carbonyl (C=O) groups is 1. The van der Waals surface area contributed by atoms with E-state index < -0.39 is 10.8 Å². The molecular weight excluding hydrogens is 326 g/mol. The minimum absolute atomic E-state index is 0.133. The number of methoxy groups -OCH3 is 2.